The molecule has 0 spiro atoms. The van der Waals surface area contributed by atoms with Gasteiger partial charge in [-0.25, -0.2) is 13.2 Å². The number of sulfone groups is 1. The van der Waals surface area contributed by atoms with Gasteiger partial charge in [-0.1, -0.05) is 0 Å². The van der Waals surface area contributed by atoms with Gasteiger partial charge in [0.05, 0.1) is 28.9 Å². The highest BCUT2D eigenvalue weighted by Gasteiger charge is 2.26. The van der Waals surface area contributed by atoms with Crippen molar-refractivity contribution in [3.63, 3.8) is 0 Å². The van der Waals surface area contributed by atoms with Gasteiger partial charge in [-0.05, 0) is 31.0 Å². The molecule has 27 heavy (non-hydrogen) atoms. The molecule has 8 nitrogen and oxygen atoms in total. The molecule has 1 aliphatic heterocycles. The van der Waals surface area contributed by atoms with Gasteiger partial charge in [-0.15, -0.1) is 0 Å². The van der Waals surface area contributed by atoms with E-state index in [9.17, 15) is 18.5 Å². The maximum Gasteiger partial charge on any atom is 0.357 e. The van der Waals surface area contributed by atoms with Crippen LogP contribution >= 0.6 is 0 Å². The molecule has 0 amide bonds. The van der Waals surface area contributed by atoms with Crippen molar-refractivity contribution >= 4 is 27.2 Å². The maximum atomic E-state index is 12.3. The van der Waals surface area contributed by atoms with Crippen molar-refractivity contribution < 1.29 is 17.9 Å². The Labute approximate surface area is 157 Å². The SMILES string of the molecule is COC(=O)c1c(N)c(C#N)cn1-c1cc(N2CCCC2)ccc1S(C)(=O)=O. The van der Waals surface area contributed by atoms with Crippen molar-refractivity contribution in [2.24, 2.45) is 0 Å². The molecule has 1 aromatic heterocycles. The predicted molar refractivity (Wildman–Crippen MR) is 101 cm³/mol. The molecule has 142 valence electrons. The van der Waals surface area contributed by atoms with Crippen LogP contribution in [0.2, 0.25) is 0 Å². The monoisotopic (exact) mass is 388 g/mol. The largest absolute Gasteiger partial charge is 0.464 e. The first kappa shape index (κ1) is 18.8. The van der Waals surface area contributed by atoms with E-state index in [1.165, 1.54) is 23.9 Å². The Kier molecular flexibility index (Phi) is 4.85. The molecule has 2 heterocycles. The number of esters is 1. The third kappa shape index (κ3) is 3.36. The van der Waals surface area contributed by atoms with Crippen molar-refractivity contribution in [3.05, 3.63) is 35.7 Å². The fourth-order valence-electron chi connectivity index (χ4n) is 3.28. The van der Waals surface area contributed by atoms with Gasteiger partial charge in [0.1, 0.15) is 6.07 Å². The Bertz CT molecular complexity index is 1040. The smallest absolute Gasteiger partial charge is 0.357 e. The number of hydrogen-bond acceptors (Lipinski definition) is 7. The molecular formula is C18H20N4O4S. The number of benzene rings is 1. The van der Waals surface area contributed by atoms with Crippen LogP contribution in [-0.4, -0.2) is 45.4 Å². The van der Waals surface area contributed by atoms with E-state index < -0.39 is 15.8 Å². The van der Waals surface area contributed by atoms with Crippen molar-refractivity contribution in [1.29, 1.82) is 5.26 Å². The Morgan fingerprint density at radius 1 is 1.30 bits per heavy atom. The standard InChI is InChI=1S/C18H20N4O4S/c1-26-18(23)17-16(20)12(10-19)11-22(17)14-9-13(21-7-3-4-8-21)5-6-15(14)27(2,24)25/h5-6,9,11H,3-4,7-8,20H2,1-2H3. The van der Waals surface area contributed by atoms with E-state index in [0.717, 1.165) is 37.9 Å². The predicted octanol–water partition coefficient (Wildman–Crippen LogP) is 1.72. The van der Waals surface area contributed by atoms with Crippen LogP contribution in [0.1, 0.15) is 28.9 Å². The van der Waals surface area contributed by atoms with Crippen LogP contribution < -0.4 is 10.6 Å². The summed E-state index contributed by atoms with van der Waals surface area (Å²) in [6, 6.07) is 6.89. The molecule has 2 aromatic rings. The molecule has 2 N–H and O–H groups in total. The van der Waals surface area contributed by atoms with Crippen LogP contribution in [0.15, 0.2) is 29.3 Å². The second-order valence-corrected chi connectivity index (χ2v) is 8.38. The number of hydrogen-bond donors (Lipinski definition) is 1. The van der Waals surface area contributed by atoms with Gasteiger partial charge in [0, 0.05) is 31.2 Å². The first-order valence-electron chi connectivity index (χ1n) is 8.36. The van der Waals surface area contributed by atoms with E-state index in [4.69, 9.17) is 10.5 Å². The lowest BCUT2D eigenvalue weighted by Gasteiger charge is -2.20. The van der Waals surface area contributed by atoms with Crippen molar-refractivity contribution in [2.75, 3.05) is 37.1 Å². The summed E-state index contributed by atoms with van der Waals surface area (Å²) in [6.45, 7) is 1.75. The number of rotatable bonds is 4. The Morgan fingerprint density at radius 2 is 1.96 bits per heavy atom. The molecule has 0 saturated carbocycles. The molecule has 9 heteroatoms. The highest BCUT2D eigenvalue weighted by atomic mass is 32.2. The zero-order chi connectivity index (χ0) is 19.8. The van der Waals surface area contributed by atoms with Crippen LogP contribution in [0.25, 0.3) is 5.69 Å². The third-order valence-electron chi connectivity index (χ3n) is 4.62. The van der Waals surface area contributed by atoms with Crippen LogP contribution in [-0.2, 0) is 14.6 Å². The number of nitrogen functional groups attached to an aromatic ring is 1. The number of nitrogens with two attached hydrogens (primary N) is 1. The summed E-state index contributed by atoms with van der Waals surface area (Å²) in [5, 5.41) is 9.29. The van der Waals surface area contributed by atoms with Gasteiger partial charge in [0.2, 0.25) is 0 Å². The number of carbonyl (C=O) groups is 1. The van der Waals surface area contributed by atoms with Gasteiger partial charge < -0.3 is 19.9 Å². The zero-order valence-corrected chi connectivity index (χ0v) is 15.9. The lowest BCUT2D eigenvalue weighted by molar-refractivity contribution is 0.0593. The highest BCUT2D eigenvalue weighted by molar-refractivity contribution is 7.90. The van der Waals surface area contributed by atoms with E-state index in [1.807, 2.05) is 6.07 Å². The van der Waals surface area contributed by atoms with Gasteiger partial charge in [0.15, 0.2) is 15.5 Å². The second kappa shape index (κ2) is 6.96. The summed E-state index contributed by atoms with van der Waals surface area (Å²) in [7, 11) is -2.40. The van der Waals surface area contributed by atoms with Crippen LogP contribution in [0.5, 0.6) is 0 Å². The number of carbonyl (C=O) groups excluding carboxylic acids is 1. The highest BCUT2D eigenvalue weighted by Crippen LogP contribution is 2.32. The summed E-state index contributed by atoms with van der Waals surface area (Å²) in [6.07, 6.45) is 4.58. The molecule has 0 bridgehead atoms. The fraction of sp³-hybridized carbons (Fsp3) is 0.333. The van der Waals surface area contributed by atoms with Crippen molar-refractivity contribution in [3.8, 4) is 11.8 Å². The minimum absolute atomic E-state index is 0.0371. The van der Waals surface area contributed by atoms with E-state index in [-0.39, 0.29) is 27.5 Å². The Morgan fingerprint density at radius 3 is 2.52 bits per heavy atom. The lowest BCUT2D eigenvalue weighted by atomic mass is 10.2. The van der Waals surface area contributed by atoms with Gasteiger partial charge in [-0.2, -0.15) is 5.26 Å². The molecule has 3 rings (SSSR count). The average molecular weight is 388 g/mol. The first-order chi connectivity index (χ1) is 12.8. The number of ether oxygens (including phenoxy) is 1. The number of nitrogens with zero attached hydrogens (tertiary/aromatic N) is 3. The summed E-state index contributed by atoms with van der Waals surface area (Å²) in [5.74, 6) is -0.750. The van der Waals surface area contributed by atoms with Crippen molar-refractivity contribution in [2.45, 2.75) is 17.7 Å². The van der Waals surface area contributed by atoms with E-state index >= 15 is 0 Å². The van der Waals surface area contributed by atoms with Crippen LogP contribution in [0.4, 0.5) is 11.4 Å². The summed E-state index contributed by atoms with van der Waals surface area (Å²) < 4.78 is 30.8. The van der Waals surface area contributed by atoms with Gasteiger partial charge in [0.25, 0.3) is 0 Å². The van der Waals surface area contributed by atoms with Crippen LogP contribution in [0.3, 0.4) is 0 Å². The molecule has 0 radical (unpaired) electrons. The lowest BCUT2D eigenvalue weighted by Crippen LogP contribution is -2.19. The Balaban J connectivity index is 2.30. The molecule has 1 saturated heterocycles. The van der Waals surface area contributed by atoms with Crippen LogP contribution in [0, 0.1) is 11.3 Å². The molecule has 0 atom stereocenters. The summed E-state index contributed by atoms with van der Waals surface area (Å²) >= 11 is 0. The quantitative estimate of drug-likeness (QED) is 0.792. The topological polar surface area (TPSA) is 118 Å². The second-order valence-electron chi connectivity index (χ2n) is 6.40. The third-order valence-corrected chi connectivity index (χ3v) is 5.76. The molecule has 1 aliphatic rings. The number of methoxy groups -OCH3 is 1. The van der Waals surface area contributed by atoms with Crippen molar-refractivity contribution in [1.82, 2.24) is 4.57 Å². The normalized spacial score (nSPS) is 14.2. The van der Waals surface area contributed by atoms with Gasteiger partial charge >= 0.3 is 5.97 Å². The summed E-state index contributed by atoms with van der Waals surface area (Å²) in [5.41, 5.74) is 7.00. The molecule has 1 aromatic carbocycles. The molecular weight excluding hydrogens is 368 g/mol. The summed E-state index contributed by atoms with van der Waals surface area (Å²) in [4.78, 5) is 14.4. The first-order valence-corrected chi connectivity index (χ1v) is 10.3. The van der Waals surface area contributed by atoms with Gasteiger partial charge in [-0.3, -0.25) is 0 Å². The fourth-order valence-corrected chi connectivity index (χ4v) is 4.14. The molecule has 0 unspecified atom stereocenters. The molecule has 0 aliphatic carbocycles. The maximum absolute atomic E-state index is 12.3. The van der Waals surface area contributed by atoms with E-state index in [2.05, 4.69) is 4.90 Å². The molecule has 1 fully saturated rings. The average Bonchev–Trinajstić information content (AvgIpc) is 3.27. The zero-order valence-electron chi connectivity index (χ0n) is 15.1. The number of anilines is 2. The minimum Gasteiger partial charge on any atom is -0.464 e. The van der Waals surface area contributed by atoms with E-state index in [0.29, 0.717) is 0 Å². The number of aromatic nitrogens is 1. The van der Waals surface area contributed by atoms with E-state index in [1.54, 1.807) is 12.1 Å². The minimum atomic E-state index is -3.60. The number of nitriles is 1. The Hall–Kier alpha value is -2.99.